The number of likely N-dealkylation sites (N-methyl/N-ethyl adjacent to an activating group) is 1. The van der Waals surface area contributed by atoms with Crippen molar-refractivity contribution in [3.05, 3.63) is 0 Å². The Hall–Kier alpha value is -0.820. The maximum absolute atomic E-state index is 11.9. The summed E-state index contributed by atoms with van der Waals surface area (Å²) in [6.45, 7) is 2.73. The fraction of sp³-hybridized carbons (Fsp3) is 0.900. The van der Waals surface area contributed by atoms with E-state index in [2.05, 4.69) is 5.32 Å². The molecule has 2 atom stereocenters. The van der Waals surface area contributed by atoms with Gasteiger partial charge in [-0.25, -0.2) is 0 Å². The Kier molecular flexibility index (Phi) is 6.48. The number of carbonyl (C=O) groups excluding carboxylic acids is 1. The van der Waals surface area contributed by atoms with Gasteiger partial charge >= 0.3 is 6.18 Å². The van der Waals surface area contributed by atoms with E-state index in [9.17, 15) is 18.0 Å². The SMILES string of the molecule is CC(NCC(C)N(C)C)C(=O)NCC(F)(F)F. The van der Waals surface area contributed by atoms with E-state index >= 15 is 0 Å². The van der Waals surface area contributed by atoms with Crippen molar-refractivity contribution in [1.82, 2.24) is 15.5 Å². The van der Waals surface area contributed by atoms with Crippen LogP contribution in [0.5, 0.6) is 0 Å². The van der Waals surface area contributed by atoms with Crippen LogP contribution < -0.4 is 10.6 Å². The minimum absolute atomic E-state index is 0.202. The smallest absolute Gasteiger partial charge is 0.346 e. The lowest BCUT2D eigenvalue weighted by Crippen LogP contribution is -2.48. The summed E-state index contributed by atoms with van der Waals surface area (Å²) in [4.78, 5) is 13.2. The Bertz CT molecular complexity index is 243. The van der Waals surface area contributed by atoms with Gasteiger partial charge in [-0.3, -0.25) is 4.79 Å². The first kappa shape index (κ1) is 16.2. The Balaban J connectivity index is 3.90. The first-order valence-corrected chi connectivity index (χ1v) is 5.37. The Labute approximate surface area is 99.5 Å². The van der Waals surface area contributed by atoms with Gasteiger partial charge in [-0.15, -0.1) is 0 Å². The minimum Gasteiger partial charge on any atom is -0.346 e. The van der Waals surface area contributed by atoms with Crippen molar-refractivity contribution in [2.75, 3.05) is 27.2 Å². The van der Waals surface area contributed by atoms with E-state index in [-0.39, 0.29) is 6.04 Å². The van der Waals surface area contributed by atoms with Crippen LogP contribution >= 0.6 is 0 Å². The molecular formula is C10H20F3N3O. The normalized spacial score (nSPS) is 15.8. The minimum atomic E-state index is -4.37. The van der Waals surface area contributed by atoms with Crippen LogP contribution in [-0.2, 0) is 4.79 Å². The van der Waals surface area contributed by atoms with Crippen molar-refractivity contribution in [3.63, 3.8) is 0 Å². The third-order valence-electron chi connectivity index (χ3n) is 2.46. The van der Waals surface area contributed by atoms with Gasteiger partial charge in [-0.1, -0.05) is 0 Å². The summed E-state index contributed by atoms with van der Waals surface area (Å²) in [5.41, 5.74) is 0. The number of halogens is 3. The van der Waals surface area contributed by atoms with Crippen molar-refractivity contribution in [3.8, 4) is 0 Å². The fourth-order valence-electron chi connectivity index (χ4n) is 0.963. The van der Waals surface area contributed by atoms with Gasteiger partial charge in [0, 0.05) is 12.6 Å². The van der Waals surface area contributed by atoms with Crippen LogP contribution in [0.15, 0.2) is 0 Å². The highest BCUT2D eigenvalue weighted by Gasteiger charge is 2.28. The number of amides is 1. The molecule has 0 aliphatic rings. The molecule has 4 nitrogen and oxygen atoms in total. The maximum atomic E-state index is 11.9. The van der Waals surface area contributed by atoms with Gasteiger partial charge in [0.25, 0.3) is 0 Å². The first-order valence-electron chi connectivity index (χ1n) is 5.37. The van der Waals surface area contributed by atoms with E-state index < -0.39 is 24.7 Å². The van der Waals surface area contributed by atoms with Gasteiger partial charge in [0.15, 0.2) is 0 Å². The molecule has 0 aliphatic heterocycles. The molecule has 102 valence electrons. The number of nitrogens with one attached hydrogen (secondary N) is 2. The molecule has 2 unspecified atom stereocenters. The lowest BCUT2D eigenvalue weighted by Gasteiger charge is -2.22. The summed E-state index contributed by atoms with van der Waals surface area (Å²) in [6, 6.07) is -0.437. The average molecular weight is 255 g/mol. The molecule has 0 aromatic rings. The second-order valence-electron chi connectivity index (χ2n) is 4.28. The van der Waals surface area contributed by atoms with Crippen molar-refractivity contribution >= 4 is 5.91 Å². The van der Waals surface area contributed by atoms with E-state index in [1.165, 1.54) is 6.92 Å². The number of hydrogen-bond acceptors (Lipinski definition) is 3. The van der Waals surface area contributed by atoms with E-state index in [4.69, 9.17) is 0 Å². The standard InChI is InChI=1S/C10H20F3N3O/c1-7(16(3)4)5-14-8(2)9(17)15-6-10(11,12)13/h7-8,14H,5-6H2,1-4H3,(H,15,17). The molecule has 0 heterocycles. The van der Waals surface area contributed by atoms with Crippen LogP contribution in [0.4, 0.5) is 13.2 Å². The van der Waals surface area contributed by atoms with E-state index in [0.29, 0.717) is 6.54 Å². The Morgan fingerprint density at radius 2 is 1.82 bits per heavy atom. The lowest BCUT2D eigenvalue weighted by atomic mass is 10.2. The zero-order chi connectivity index (χ0) is 13.6. The Morgan fingerprint density at radius 1 is 1.29 bits per heavy atom. The van der Waals surface area contributed by atoms with Crippen LogP contribution in [0, 0.1) is 0 Å². The topological polar surface area (TPSA) is 44.4 Å². The molecule has 0 aromatic heterocycles. The molecule has 0 fully saturated rings. The number of nitrogens with zero attached hydrogens (tertiary/aromatic N) is 1. The molecule has 0 aromatic carbocycles. The van der Waals surface area contributed by atoms with Gasteiger partial charge in [-0.2, -0.15) is 13.2 Å². The van der Waals surface area contributed by atoms with Gasteiger partial charge in [0.05, 0.1) is 6.04 Å². The quantitative estimate of drug-likeness (QED) is 0.730. The molecule has 0 saturated carbocycles. The molecule has 7 heteroatoms. The van der Waals surface area contributed by atoms with Crippen LogP contribution in [0.25, 0.3) is 0 Å². The molecule has 0 bridgehead atoms. The molecular weight excluding hydrogens is 235 g/mol. The summed E-state index contributed by atoms with van der Waals surface area (Å²) in [5.74, 6) is -0.645. The van der Waals surface area contributed by atoms with Crippen molar-refractivity contribution in [2.24, 2.45) is 0 Å². The zero-order valence-electron chi connectivity index (χ0n) is 10.6. The average Bonchev–Trinajstić information content (AvgIpc) is 2.20. The van der Waals surface area contributed by atoms with Gasteiger partial charge < -0.3 is 15.5 Å². The second kappa shape index (κ2) is 6.80. The number of rotatable bonds is 6. The van der Waals surface area contributed by atoms with Crippen molar-refractivity contribution in [1.29, 1.82) is 0 Å². The van der Waals surface area contributed by atoms with E-state index in [1.54, 1.807) is 0 Å². The third-order valence-corrected chi connectivity index (χ3v) is 2.46. The first-order chi connectivity index (χ1) is 7.63. The summed E-state index contributed by atoms with van der Waals surface area (Å²) >= 11 is 0. The molecule has 0 rings (SSSR count). The van der Waals surface area contributed by atoms with Crippen LogP contribution in [0.3, 0.4) is 0 Å². The molecule has 0 radical (unpaired) electrons. The zero-order valence-corrected chi connectivity index (χ0v) is 10.6. The molecule has 0 spiro atoms. The highest BCUT2D eigenvalue weighted by molar-refractivity contribution is 5.81. The van der Waals surface area contributed by atoms with E-state index in [0.717, 1.165) is 0 Å². The molecule has 2 N–H and O–H groups in total. The Morgan fingerprint density at radius 3 is 2.24 bits per heavy atom. The number of alkyl halides is 3. The summed E-state index contributed by atoms with van der Waals surface area (Å²) in [7, 11) is 3.78. The maximum Gasteiger partial charge on any atom is 0.405 e. The van der Waals surface area contributed by atoms with Gasteiger partial charge in [-0.05, 0) is 27.9 Å². The highest BCUT2D eigenvalue weighted by Crippen LogP contribution is 2.12. The predicted molar refractivity (Wildman–Crippen MR) is 59.7 cm³/mol. The van der Waals surface area contributed by atoms with Crippen molar-refractivity contribution < 1.29 is 18.0 Å². The van der Waals surface area contributed by atoms with Crippen LogP contribution in [0.2, 0.25) is 0 Å². The second-order valence-corrected chi connectivity index (χ2v) is 4.28. The molecule has 17 heavy (non-hydrogen) atoms. The highest BCUT2D eigenvalue weighted by atomic mass is 19.4. The van der Waals surface area contributed by atoms with Crippen LogP contribution in [-0.4, -0.2) is 56.3 Å². The van der Waals surface area contributed by atoms with Crippen LogP contribution in [0.1, 0.15) is 13.8 Å². The van der Waals surface area contributed by atoms with Gasteiger partial charge in [0.2, 0.25) is 5.91 Å². The lowest BCUT2D eigenvalue weighted by molar-refractivity contribution is -0.139. The molecule has 0 aliphatic carbocycles. The monoisotopic (exact) mass is 255 g/mol. The summed E-state index contributed by atoms with van der Waals surface area (Å²) in [5, 5.41) is 4.71. The number of hydrogen-bond donors (Lipinski definition) is 2. The third kappa shape index (κ3) is 7.98. The predicted octanol–water partition coefficient (Wildman–Crippen LogP) is 0.593. The summed E-state index contributed by atoms with van der Waals surface area (Å²) < 4.78 is 35.6. The van der Waals surface area contributed by atoms with Crippen molar-refractivity contribution in [2.45, 2.75) is 32.1 Å². The van der Waals surface area contributed by atoms with E-state index in [1.807, 2.05) is 31.2 Å². The molecule has 0 saturated heterocycles. The number of carbonyl (C=O) groups is 1. The van der Waals surface area contributed by atoms with Gasteiger partial charge in [0.1, 0.15) is 6.54 Å². The molecule has 1 amide bonds. The fourth-order valence-corrected chi connectivity index (χ4v) is 0.963. The largest absolute Gasteiger partial charge is 0.405 e. The summed E-state index contributed by atoms with van der Waals surface area (Å²) in [6.07, 6.45) is -4.37.